The summed E-state index contributed by atoms with van der Waals surface area (Å²) in [5.74, 6) is 1.53. The van der Waals surface area contributed by atoms with Gasteiger partial charge in [-0.1, -0.05) is 39.0 Å². The number of amides is 1. The molecule has 8 atom stereocenters. The number of para-hydroxylation sites is 1. The summed E-state index contributed by atoms with van der Waals surface area (Å²) >= 11 is 0. The van der Waals surface area contributed by atoms with Crippen LogP contribution in [0.3, 0.4) is 0 Å². The Hall–Kier alpha value is -2.69. The highest BCUT2D eigenvalue weighted by Gasteiger charge is 2.57. The molecule has 0 spiro atoms. The van der Waals surface area contributed by atoms with Crippen molar-refractivity contribution in [2.45, 2.75) is 77.9 Å². The lowest BCUT2D eigenvalue weighted by atomic mass is 9.45. The number of nitrogens with zero attached hydrogens (tertiary/aromatic N) is 3. The molecular weight excluding hydrogens is 568 g/mol. The highest BCUT2D eigenvalue weighted by atomic mass is 16.7. The van der Waals surface area contributed by atoms with Crippen molar-refractivity contribution in [3.63, 3.8) is 0 Å². The largest absolute Gasteiger partial charge is 0.496 e. The van der Waals surface area contributed by atoms with E-state index in [0.29, 0.717) is 28.9 Å². The number of ether oxygens (including phenoxy) is 1. The third-order valence-electron chi connectivity index (χ3n) is 11.0. The Morgan fingerprint density at radius 2 is 1.91 bits per heavy atom. The summed E-state index contributed by atoms with van der Waals surface area (Å²) in [4.78, 5) is 24.6. The average molecular weight is 623 g/mol. The van der Waals surface area contributed by atoms with Crippen molar-refractivity contribution < 1.29 is 24.6 Å². The lowest BCUT2D eigenvalue weighted by molar-refractivity contribution is -0.183. The lowest BCUT2D eigenvalue weighted by Gasteiger charge is -2.62. The van der Waals surface area contributed by atoms with Gasteiger partial charge in [-0.05, 0) is 86.4 Å². The van der Waals surface area contributed by atoms with Gasteiger partial charge in [0.25, 0.3) is 0 Å². The third kappa shape index (κ3) is 6.47. The van der Waals surface area contributed by atoms with Crippen molar-refractivity contribution in [1.29, 1.82) is 0 Å². The van der Waals surface area contributed by atoms with Crippen LogP contribution < -0.4 is 15.0 Å². The molecule has 2 aromatic carbocycles. The maximum atomic E-state index is 14.1. The van der Waals surface area contributed by atoms with E-state index in [-0.39, 0.29) is 25.1 Å². The summed E-state index contributed by atoms with van der Waals surface area (Å²) in [6.45, 7) is 9.39. The lowest BCUT2D eigenvalue weighted by Crippen LogP contribution is -2.62. The molecule has 6 rings (SSSR count). The van der Waals surface area contributed by atoms with E-state index < -0.39 is 24.2 Å². The van der Waals surface area contributed by atoms with Crippen LogP contribution in [0.2, 0.25) is 0 Å². The number of aliphatic hydroxyl groups is 2. The van der Waals surface area contributed by atoms with Gasteiger partial charge in [0.15, 0.2) is 0 Å². The smallest absolute Gasteiger partial charge is 0.240 e. The van der Waals surface area contributed by atoms with Gasteiger partial charge in [0.1, 0.15) is 17.9 Å². The molecule has 4 aliphatic rings. The standard InChI is InChI=1S/C36H54N4O5/c1-21-29-16-26(36(29,3)4)17-30(21)37-35(43)33-32(22(2)42)31(20-41)45-40(33)19-24-11-10-12-28(34(24)44-9)25-13-23(18-38(5)6)14-27(15-25)39(7)8/h10-15,21-22,26,29-33,41-42H,16-20H2,1-9H3,(H,37,43)/t21-,22-,26+,29+,30-,31-,32+,33-/m0/s1. The van der Waals surface area contributed by atoms with Crippen molar-refractivity contribution in [2.24, 2.45) is 29.1 Å². The van der Waals surface area contributed by atoms with E-state index in [0.717, 1.165) is 35.3 Å². The van der Waals surface area contributed by atoms with E-state index in [1.54, 1.807) is 19.1 Å². The number of carbonyl (C=O) groups excluding carboxylic acids is 1. The molecule has 1 heterocycles. The van der Waals surface area contributed by atoms with Crippen LogP contribution in [0.25, 0.3) is 11.1 Å². The molecule has 0 unspecified atom stereocenters. The van der Waals surface area contributed by atoms with Gasteiger partial charge in [-0.2, -0.15) is 5.06 Å². The van der Waals surface area contributed by atoms with Crippen LogP contribution >= 0.6 is 0 Å². The Kier molecular flexibility index (Phi) is 9.88. The first-order valence-corrected chi connectivity index (χ1v) is 16.4. The Labute approximate surface area is 269 Å². The van der Waals surface area contributed by atoms with Crippen molar-refractivity contribution >= 4 is 11.6 Å². The number of nitrogens with one attached hydrogen (secondary N) is 1. The van der Waals surface area contributed by atoms with Crippen LogP contribution in [0.15, 0.2) is 36.4 Å². The molecule has 0 aromatic heterocycles. The molecule has 9 heteroatoms. The van der Waals surface area contributed by atoms with Gasteiger partial charge in [0.2, 0.25) is 5.91 Å². The normalized spacial score (nSPS) is 29.7. The number of anilines is 1. The third-order valence-corrected chi connectivity index (χ3v) is 11.0. The number of hydrogen-bond acceptors (Lipinski definition) is 8. The van der Waals surface area contributed by atoms with Gasteiger partial charge in [-0.25, -0.2) is 0 Å². The highest BCUT2D eigenvalue weighted by Crippen LogP contribution is 2.61. The molecular formula is C36H54N4O5. The first-order valence-electron chi connectivity index (χ1n) is 16.4. The predicted octanol–water partition coefficient (Wildman–Crippen LogP) is 4.15. The molecule has 1 aliphatic heterocycles. The summed E-state index contributed by atoms with van der Waals surface area (Å²) in [5, 5.41) is 26.1. The van der Waals surface area contributed by atoms with Crippen LogP contribution in [0.1, 0.15) is 51.7 Å². The number of fused-ring (bicyclic) bond motifs is 2. The first-order chi connectivity index (χ1) is 21.3. The maximum Gasteiger partial charge on any atom is 0.240 e. The van der Waals surface area contributed by atoms with E-state index in [9.17, 15) is 15.0 Å². The zero-order chi connectivity index (χ0) is 32.8. The molecule has 3 N–H and O–H groups in total. The van der Waals surface area contributed by atoms with Gasteiger partial charge >= 0.3 is 0 Å². The molecule has 3 aliphatic carbocycles. The Balaban J connectivity index is 1.45. The van der Waals surface area contributed by atoms with Crippen molar-refractivity contribution in [3.05, 3.63) is 47.5 Å². The minimum atomic E-state index is -0.851. The molecule has 1 amide bonds. The molecule has 2 aromatic rings. The Morgan fingerprint density at radius 3 is 2.49 bits per heavy atom. The van der Waals surface area contributed by atoms with Crippen molar-refractivity contribution in [3.8, 4) is 16.9 Å². The molecule has 0 radical (unpaired) electrons. The van der Waals surface area contributed by atoms with Gasteiger partial charge in [-0.3, -0.25) is 9.63 Å². The maximum absolute atomic E-state index is 14.1. The molecule has 248 valence electrons. The zero-order valence-electron chi connectivity index (χ0n) is 28.6. The number of benzene rings is 2. The molecule has 45 heavy (non-hydrogen) atoms. The number of hydroxylamine groups is 2. The Morgan fingerprint density at radius 1 is 1.18 bits per heavy atom. The van der Waals surface area contributed by atoms with E-state index >= 15 is 0 Å². The van der Waals surface area contributed by atoms with E-state index in [4.69, 9.17) is 9.57 Å². The molecule has 2 bridgehead atoms. The summed E-state index contributed by atoms with van der Waals surface area (Å²) in [7, 11) is 9.86. The SMILES string of the molecule is COc1c(CN2O[C@@H](CO)[C@@H]([C@H](C)O)[C@H]2C(=O)N[C@H]2C[C@H]3C[C@H]([C@@H]2C)C3(C)C)cccc1-c1cc(CN(C)C)cc(N(C)C)c1. The van der Waals surface area contributed by atoms with Crippen LogP contribution in [0.4, 0.5) is 5.69 Å². The van der Waals surface area contributed by atoms with E-state index in [1.807, 2.05) is 26.2 Å². The minimum Gasteiger partial charge on any atom is -0.496 e. The topological polar surface area (TPSA) is 97.7 Å². The molecule has 1 saturated heterocycles. The van der Waals surface area contributed by atoms with Crippen LogP contribution in [-0.2, 0) is 22.7 Å². The monoisotopic (exact) mass is 622 g/mol. The summed E-state index contributed by atoms with van der Waals surface area (Å²) < 4.78 is 6.05. The summed E-state index contributed by atoms with van der Waals surface area (Å²) in [6.07, 6.45) is 0.643. The molecule has 9 nitrogen and oxygen atoms in total. The minimum absolute atomic E-state index is 0.0807. The number of carbonyl (C=O) groups is 1. The molecule has 4 fully saturated rings. The van der Waals surface area contributed by atoms with E-state index in [1.165, 1.54) is 12.0 Å². The number of rotatable bonds is 11. The summed E-state index contributed by atoms with van der Waals surface area (Å²) in [5.41, 5.74) is 5.44. The fourth-order valence-electron chi connectivity index (χ4n) is 8.37. The fraction of sp³-hybridized carbons (Fsp3) is 0.639. The van der Waals surface area contributed by atoms with Crippen LogP contribution in [0.5, 0.6) is 5.75 Å². The van der Waals surface area contributed by atoms with Crippen LogP contribution in [-0.4, -0.2) is 92.3 Å². The van der Waals surface area contributed by atoms with Gasteiger partial charge in [0, 0.05) is 49.4 Å². The average Bonchev–Trinajstić information content (AvgIpc) is 3.35. The second-order valence-electron chi connectivity index (χ2n) is 14.8. The van der Waals surface area contributed by atoms with Crippen molar-refractivity contribution in [2.75, 3.05) is 46.8 Å². The van der Waals surface area contributed by atoms with Crippen molar-refractivity contribution in [1.82, 2.24) is 15.3 Å². The number of methoxy groups -OCH3 is 1. The second kappa shape index (κ2) is 13.2. The second-order valence-corrected chi connectivity index (χ2v) is 14.8. The molecule has 3 saturated carbocycles. The predicted molar refractivity (Wildman–Crippen MR) is 178 cm³/mol. The fourth-order valence-corrected chi connectivity index (χ4v) is 8.37. The number of aliphatic hydroxyl groups excluding tert-OH is 2. The van der Waals surface area contributed by atoms with Gasteiger partial charge in [-0.15, -0.1) is 0 Å². The van der Waals surface area contributed by atoms with Crippen LogP contribution in [0, 0.1) is 29.1 Å². The van der Waals surface area contributed by atoms with Gasteiger partial charge < -0.3 is 30.1 Å². The van der Waals surface area contributed by atoms with Gasteiger partial charge in [0.05, 0.1) is 26.4 Å². The highest BCUT2D eigenvalue weighted by molar-refractivity contribution is 5.83. The first kappa shape index (κ1) is 33.7. The number of hydrogen-bond donors (Lipinski definition) is 3. The summed E-state index contributed by atoms with van der Waals surface area (Å²) in [6, 6.07) is 11.9. The van der Waals surface area contributed by atoms with E-state index in [2.05, 4.69) is 74.2 Å². The zero-order valence-corrected chi connectivity index (χ0v) is 28.6. The quantitative estimate of drug-likeness (QED) is 0.344. The Bertz CT molecular complexity index is 1360.